The van der Waals surface area contributed by atoms with Crippen LogP contribution in [0.15, 0.2) is 29.3 Å². The highest BCUT2D eigenvalue weighted by atomic mass is 127. The van der Waals surface area contributed by atoms with Gasteiger partial charge in [-0.2, -0.15) is 0 Å². The van der Waals surface area contributed by atoms with Crippen LogP contribution in [-0.4, -0.2) is 63.6 Å². The Balaban J connectivity index is 0.00000400. The van der Waals surface area contributed by atoms with Crippen LogP contribution in [0, 0.1) is 6.92 Å². The molecule has 0 amide bonds. The normalized spacial score (nSPS) is 9.62. The number of hydrogen-bond acceptors (Lipinski definition) is 2. The summed E-state index contributed by atoms with van der Waals surface area (Å²) in [5, 5.41) is 0. The van der Waals surface area contributed by atoms with Crippen molar-refractivity contribution in [1.29, 1.82) is 0 Å². The summed E-state index contributed by atoms with van der Waals surface area (Å²) in [7, 11) is 8.10. The van der Waals surface area contributed by atoms with Crippen molar-refractivity contribution < 1.29 is 0 Å². The number of anilines is 1. The molecule has 0 saturated heterocycles. The number of rotatable bonds is 5. The lowest BCUT2D eigenvalue weighted by Gasteiger charge is -2.26. The summed E-state index contributed by atoms with van der Waals surface area (Å²) >= 11 is 0. The minimum atomic E-state index is 0. The van der Waals surface area contributed by atoms with Crippen LogP contribution in [0.2, 0.25) is 0 Å². The van der Waals surface area contributed by atoms with Crippen molar-refractivity contribution in [3.8, 4) is 0 Å². The number of para-hydroxylation sites is 1. The molecule has 0 aliphatic heterocycles. The fraction of sp³-hybridized carbons (Fsp3) is 0.562. The van der Waals surface area contributed by atoms with Crippen LogP contribution in [-0.2, 0) is 0 Å². The molecule has 0 radical (unpaired) electrons. The molecule has 0 spiro atoms. The summed E-state index contributed by atoms with van der Waals surface area (Å²) < 4.78 is 0. The van der Waals surface area contributed by atoms with Crippen LogP contribution in [0.4, 0.5) is 5.69 Å². The van der Waals surface area contributed by atoms with Gasteiger partial charge in [-0.25, -0.2) is 0 Å². The van der Waals surface area contributed by atoms with Gasteiger partial charge >= 0.3 is 0 Å². The molecular weight excluding hydrogens is 375 g/mol. The molecule has 0 heterocycles. The first-order valence-corrected chi connectivity index (χ1v) is 7.17. The number of aryl methyl sites for hydroxylation is 1. The summed E-state index contributed by atoms with van der Waals surface area (Å²) in [5.74, 6) is 1.01. The Morgan fingerprint density at radius 3 is 2.10 bits per heavy atom. The molecule has 0 aliphatic carbocycles. The van der Waals surface area contributed by atoms with Crippen LogP contribution < -0.4 is 4.90 Å². The quantitative estimate of drug-likeness (QED) is 0.428. The third-order valence-corrected chi connectivity index (χ3v) is 3.26. The van der Waals surface area contributed by atoms with Crippen LogP contribution in [0.3, 0.4) is 0 Å². The lowest BCUT2D eigenvalue weighted by molar-refractivity contribution is 0.479. The van der Waals surface area contributed by atoms with Crippen molar-refractivity contribution in [1.82, 2.24) is 9.80 Å². The van der Waals surface area contributed by atoms with Gasteiger partial charge in [-0.1, -0.05) is 18.2 Å². The molecule has 0 atom stereocenters. The second kappa shape index (κ2) is 9.87. The number of nitrogens with zero attached hydrogens (tertiary/aromatic N) is 4. The first kappa shape index (κ1) is 20.0. The smallest absolute Gasteiger partial charge is 0.195 e. The van der Waals surface area contributed by atoms with Gasteiger partial charge in [0, 0.05) is 47.0 Å². The van der Waals surface area contributed by atoms with Gasteiger partial charge in [-0.3, -0.25) is 4.99 Å². The second-order valence-corrected chi connectivity index (χ2v) is 5.34. The van der Waals surface area contributed by atoms with Gasteiger partial charge in [0.05, 0.1) is 6.54 Å². The predicted molar refractivity (Wildman–Crippen MR) is 104 cm³/mol. The number of benzene rings is 1. The first-order chi connectivity index (χ1) is 9.47. The summed E-state index contributed by atoms with van der Waals surface area (Å²) in [6.07, 6.45) is 0. The van der Waals surface area contributed by atoms with Crippen molar-refractivity contribution in [2.75, 3.05) is 52.7 Å². The Labute approximate surface area is 146 Å². The average molecular weight is 404 g/mol. The van der Waals surface area contributed by atoms with Gasteiger partial charge in [-0.15, -0.1) is 24.0 Å². The maximum absolute atomic E-state index is 4.69. The summed E-state index contributed by atoms with van der Waals surface area (Å²) in [5.41, 5.74) is 2.63. The number of hydrogen-bond donors (Lipinski definition) is 0. The summed E-state index contributed by atoms with van der Waals surface area (Å²) in [6.45, 7) is 7.08. The van der Waals surface area contributed by atoms with Crippen molar-refractivity contribution in [2.45, 2.75) is 13.8 Å². The maximum Gasteiger partial charge on any atom is 0.195 e. The second-order valence-electron chi connectivity index (χ2n) is 5.34. The van der Waals surface area contributed by atoms with E-state index in [9.17, 15) is 0 Å². The maximum atomic E-state index is 4.69. The Kier molecular flexibility index (Phi) is 9.41. The van der Waals surface area contributed by atoms with Crippen molar-refractivity contribution in [3.05, 3.63) is 29.8 Å². The molecule has 120 valence electrons. The first-order valence-electron chi connectivity index (χ1n) is 7.17. The average Bonchev–Trinajstić information content (AvgIpc) is 2.39. The van der Waals surface area contributed by atoms with Crippen LogP contribution in [0.5, 0.6) is 0 Å². The summed E-state index contributed by atoms with van der Waals surface area (Å²) in [6, 6.07) is 8.52. The van der Waals surface area contributed by atoms with E-state index in [-0.39, 0.29) is 24.0 Å². The van der Waals surface area contributed by atoms with Crippen LogP contribution in [0.1, 0.15) is 12.5 Å². The minimum Gasteiger partial charge on any atom is -0.370 e. The zero-order valence-electron chi connectivity index (χ0n) is 14.1. The molecule has 0 bridgehead atoms. The number of halogens is 1. The zero-order valence-corrected chi connectivity index (χ0v) is 16.5. The van der Waals surface area contributed by atoms with E-state index in [1.165, 1.54) is 11.3 Å². The van der Waals surface area contributed by atoms with Gasteiger partial charge in [0.1, 0.15) is 0 Å². The van der Waals surface area contributed by atoms with Gasteiger partial charge in [0.15, 0.2) is 5.96 Å². The predicted octanol–water partition coefficient (Wildman–Crippen LogP) is 2.92. The van der Waals surface area contributed by atoms with E-state index in [1.54, 1.807) is 0 Å². The van der Waals surface area contributed by atoms with E-state index in [4.69, 9.17) is 4.99 Å². The molecule has 21 heavy (non-hydrogen) atoms. The van der Waals surface area contributed by atoms with E-state index in [0.717, 1.165) is 25.6 Å². The van der Waals surface area contributed by atoms with E-state index < -0.39 is 0 Å². The largest absolute Gasteiger partial charge is 0.370 e. The van der Waals surface area contributed by atoms with Gasteiger partial charge < -0.3 is 14.7 Å². The standard InChI is InChI=1S/C16H28N4.HI/c1-7-20(15-11-9-8-10-14(15)2)13-12-17-16(18(3)4)19(5)6;/h8-11H,7,12-13H2,1-6H3;1H. The minimum absolute atomic E-state index is 0. The molecule has 0 unspecified atom stereocenters. The van der Waals surface area contributed by atoms with Gasteiger partial charge in [-0.05, 0) is 25.5 Å². The topological polar surface area (TPSA) is 22.1 Å². The monoisotopic (exact) mass is 404 g/mol. The SMILES string of the molecule is CCN(CCN=C(N(C)C)N(C)C)c1ccccc1C.I. The summed E-state index contributed by atoms with van der Waals surface area (Å²) in [4.78, 5) is 11.2. The van der Waals surface area contributed by atoms with Crippen molar-refractivity contribution >= 4 is 35.6 Å². The number of likely N-dealkylation sites (N-methyl/N-ethyl adjacent to an activating group) is 1. The molecular formula is C16H29IN4. The number of aliphatic imine (C=N–C) groups is 1. The molecule has 4 nitrogen and oxygen atoms in total. The van der Waals surface area contributed by atoms with Crippen molar-refractivity contribution in [3.63, 3.8) is 0 Å². The Bertz CT molecular complexity index is 434. The lowest BCUT2D eigenvalue weighted by atomic mass is 10.2. The van der Waals surface area contributed by atoms with E-state index in [0.29, 0.717) is 0 Å². The fourth-order valence-electron chi connectivity index (χ4n) is 2.32. The van der Waals surface area contributed by atoms with Crippen LogP contribution in [0.25, 0.3) is 0 Å². The fourth-order valence-corrected chi connectivity index (χ4v) is 2.32. The Morgan fingerprint density at radius 2 is 1.62 bits per heavy atom. The molecule has 0 fully saturated rings. The Hall–Kier alpha value is -0.980. The lowest BCUT2D eigenvalue weighted by Crippen LogP contribution is -2.36. The van der Waals surface area contributed by atoms with E-state index in [2.05, 4.69) is 43.0 Å². The highest BCUT2D eigenvalue weighted by Crippen LogP contribution is 2.18. The molecule has 5 heteroatoms. The Morgan fingerprint density at radius 1 is 1.05 bits per heavy atom. The third-order valence-electron chi connectivity index (χ3n) is 3.26. The molecule has 1 aromatic carbocycles. The molecule has 0 N–H and O–H groups in total. The van der Waals surface area contributed by atoms with E-state index >= 15 is 0 Å². The third kappa shape index (κ3) is 6.11. The highest BCUT2D eigenvalue weighted by Gasteiger charge is 2.07. The molecule has 1 rings (SSSR count). The molecule has 0 aromatic heterocycles. The highest BCUT2D eigenvalue weighted by molar-refractivity contribution is 14.0. The number of guanidine groups is 1. The molecule has 0 saturated carbocycles. The van der Waals surface area contributed by atoms with E-state index in [1.807, 2.05) is 38.0 Å². The molecule has 0 aliphatic rings. The molecule has 1 aromatic rings. The van der Waals surface area contributed by atoms with Gasteiger partial charge in [0.25, 0.3) is 0 Å². The van der Waals surface area contributed by atoms with Crippen LogP contribution >= 0.6 is 24.0 Å². The zero-order chi connectivity index (χ0) is 15.1. The van der Waals surface area contributed by atoms with Gasteiger partial charge in [0.2, 0.25) is 0 Å². The van der Waals surface area contributed by atoms with Crippen molar-refractivity contribution in [2.24, 2.45) is 4.99 Å².